The van der Waals surface area contributed by atoms with Crippen LogP contribution in [0.3, 0.4) is 0 Å². The van der Waals surface area contributed by atoms with E-state index in [-0.39, 0.29) is 5.82 Å². The van der Waals surface area contributed by atoms with Crippen molar-refractivity contribution in [2.45, 2.75) is 6.54 Å². The first kappa shape index (κ1) is 21.1. The average Bonchev–Trinajstić information content (AvgIpc) is 3.48. The number of H-pyrrole nitrogens is 2. The Morgan fingerprint density at radius 1 is 0.886 bits per heavy atom. The van der Waals surface area contributed by atoms with Gasteiger partial charge in [-0.2, -0.15) is 5.10 Å². The minimum atomic E-state index is -0.294. The van der Waals surface area contributed by atoms with Crippen molar-refractivity contribution >= 4 is 22.1 Å². The summed E-state index contributed by atoms with van der Waals surface area (Å²) in [7, 11) is 4.06. The van der Waals surface area contributed by atoms with E-state index in [1.54, 1.807) is 18.3 Å². The minimum Gasteiger partial charge on any atom is -0.336 e. The summed E-state index contributed by atoms with van der Waals surface area (Å²) in [6, 6.07) is 12.3. The molecule has 0 bridgehead atoms. The Morgan fingerprint density at radius 2 is 1.71 bits per heavy atom. The summed E-state index contributed by atoms with van der Waals surface area (Å²) >= 11 is 0. The van der Waals surface area contributed by atoms with Crippen LogP contribution in [0.4, 0.5) is 4.39 Å². The molecule has 0 unspecified atom stereocenters. The molecule has 1 aromatic carbocycles. The maximum Gasteiger partial charge on any atom is 0.159 e. The van der Waals surface area contributed by atoms with E-state index in [0.29, 0.717) is 28.4 Å². The lowest BCUT2D eigenvalue weighted by atomic mass is 10.1. The SMILES string of the molecule is CN(C)Cc1cncc(-c2cnc3[nH]nc(-c4nc5c(-c6ccc(F)cc6)nccc5[nH]4)c3c2)c1. The Balaban J connectivity index is 1.44. The van der Waals surface area contributed by atoms with Gasteiger partial charge in [-0.15, -0.1) is 0 Å². The summed E-state index contributed by atoms with van der Waals surface area (Å²) in [5.41, 5.74) is 7.34. The molecule has 0 spiro atoms. The van der Waals surface area contributed by atoms with Gasteiger partial charge in [0, 0.05) is 48.0 Å². The second kappa shape index (κ2) is 8.37. The van der Waals surface area contributed by atoms with Gasteiger partial charge in [0.2, 0.25) is 0 Å². The topological polar surface area (TPSA) is 99.3 Å². The molecule has 35 heavy (non-hydrogen) atoms. The van der Waals surface area contributed by atoms with Crippen molar-refractivity contribution < 1.29 is 4.39 Å². The second-order valence-electron chi connectivity index (χ2n) is 8.66. The van der Waals surface area contributed by atoms with Gasteiger partial charge in [-0.05, 0) is 62.1 Å². The highest BCUT2D eigenvalue weighted by atomic mass is 19.1. The number of nitrogens with one attached hydrogen (secondary N) is 2. The highest BCUT2D eigenvalue weighted by Crippen LogP contribution is 2.31. The number of hydrogen-bond donors (Lipinski definition) is 2. The molecule has 0 radical (unpaired) electrons. The van der Waals surface area contributed by atoms with Crippen LogP contribution >= 0.6 is 0 Å². The quantitative estimate of drug-likeness (QED) is 0.379. The van der Waals surface area contributed by atoms with Crippen LogP contribution in [0.5, 0.6) is 0 Å². The maximum absolute atomic E-state index is 13.4. The standard InChI is InChI=1S/C26H21FN8/c1-35(2)14-15-9-17(12-28-11-15)18-10-20-23(33-34-25(20)30-13-18)26-31-21-7-8-29-22(24(21)32-26)16-3-5-19(27)6-4-16/h3-13H,14H2,1-2H3,(H,31,32)(H,30,33,34). The monoisotopic (exact) mass is 464 g/mol. The number of nitrogens with zero attached hydrogens (tertiary/aromatic N) is 6. The van der Waals surface area contributed by atoms with E-state index < -0.39 is 0 Å². The third-order valence-electron chi connectivity index (χ3n) is 5.79. The van der Waals surface area contributed by atoms with Crippen LogP contribution in [0.2, 0.25) is 0 Å². The number of fused-ring (bicyclic) bond motifs is 2. The predicted molar refractivity (Wildman–Crippen MR) is 133 cm³/mol. The molecule has 0 aliphatic carbocycles. The number of imidazole rings is 1. The Kier molecular flexibility index (Phi) is 5.04. The fourth-order valence-corrected chi connectivity index (χ4v) is 4.21. The van der Waals surface area contributed by atoms with Crippen LogP contribution in [0.1, 0.15) is 5.56 Å². The first-order valence-corrected chi connectivity index (χ1v) is 11.1. The molecule has 0 aliphatic heterocycles. The number of halogens is 1. The van der Waals surface area contributed by atoms with Crippen LogP contribution in [-0.2, 0) is 6.54 Å². The molecule has 0 aliphatic rings. The zero-order valence-corrected chi connectivity index (χ0v) is 19.1. The smallest absolute Gasteiger partial charge is 0.159 e. The van der Waals surface area contributed by atoms with Crippen LogP contribution in [0, 0.1) is 5.82 Å². The molecular formula is C26H21FN8. The molecule has 0 saturated carbocycles. The first-order chi connectivity index (χ1) is 17.0. The van der Waals surface area contributed by atoms with Crippen molar-refractivity contribution in [2.24, 2.45) is 0 Å². The molecule has 8 nitrogen and oxygen atoms in total. The number of rotatable bonds is 5. The van der Waals surface area contributed by atoms with Gasteiger partial charge in [-0.1, -0.05) is 0 Å². The van der Waals surface area contributed by atoms with Crippen LogP contribution in [-0.4, -0.2) is 54.1 Å². The van der Waals surface area contributed by atoms with Gasteiger partial charge in [-0.3, -0.25) is 15.1 Å². The average molecular weight is 465 g/mol. The second-order valence-corrected chi connectivity index (χ2v) is 8.66. The third-order valence-corrected chi connectivity index (χ3v) is 5.79. The Labute approximate surface area is 199 Å². The van der Waals surface area contributed by atoms with Crippen molar-refractivity contribution in [2.75, 3.05) is 14.1 Å². The molecule has 5 heterocycles. The Hall–Kier alpha value is -4.50. The van der Waals surface area contributed by atoms with Gasteiger partial charge in [0.1, 0.15) is 17.0 Å². The number of aromatic nitrogens is 7. The van der Waals surface area contributed by atoms with E-state index in [1.807, 2.05) is 44.8 Å². The zero-order chi connectivity index (χ0) is 23.9. The zero-order valence-electron chi connectivity index (χ0n) is 19.1. The van der Waals surface area contributed by atoms with Gasteiger partial charge in [-0.25, -0.2) is 14.4 Å². The van der Waals surface area contributed by atoms with Crippen molar-refractivity contribution in [3.8, 4) is 33.9 Å². The fourth-order valence-electron chi connectivity index (χ4n) is 4.21. The lowest BCUT2D eigenvalue weighted by Gasteiger charge is -2.10. The normalized spacial score (nSPS) is 11.7. The molecule has 0 atom stereocenters. The van der Waals surface area contributed by atoms with E-state index in [2.05, 4.69) is 41.1 Å². The lowest BCUT2D eigenvalue weighted by Crippen LogP contribution is -2.10. The first-order valence-electron chi connectivity index (χ1n) is 11.1. The Morgan fingerprint density at radius 3 is 2.54 bits per heavy atom. The molecule has 172 valence electrons. The number of aromatic amines is 2. The number of pyridine rings is 3. The summed E-state index contributed by atoms with van der Waals surface area (Å²) in [4.78, 5) is 23.7. The molecule has 6 rings (SSSR count). The van der Waals surface area contributed by atoms with Gasteiger partial charge >= 0.3 is 0 Å². The highest BCUT2D eigenvalue weighted by molar-refractivity contribution is 5.96. The van der Waals surface area contributed by atoms with Gasteiger partial charge in [0.15, 0.2) is 11.5 Å². The van der Waals surface area contributed by atoms with Crippen molar-refractivity contribution in [3.05, 3.63) is 78.6 Å². The van der Waals surface area contributed by atoms with Crippen molar-refractivity contribution in [1.82, 2.24) is 40.0 Å². The number of benzene rings is 1. The molecular weight excluding hydrogens is 443 g/mol. The maximum atomic E-state index is 13.4. The van der Waals surface area contributed by atoms with Crippen LogP contribution < -0.4 is 0 Å². The van der Waals surface area contributed by atoms with E-state index in [0.717, 1.165) is 39.7 Å². The fraction of sp³-hybridized carbons (Fsp3) is 0.115. The van der Waals surface area contributed by atoms with E-state index in [4.69, 9.17) is 4.98 Å². The summed E-state index contributed by atoms with van der Waals surface area (Å²) in [6.45, 7) is 0.802. The van der Waals surface area contributed by atoms with E-state index in [1.165, 1.54) is 12.1 Å². The molecule has 0 saturated heterocycles. The summed E-state index contributed by atoms with van der Waals surface area (Å²) in [6.07, 6.45) is 7.23. The highest BCUT2D eigenvalue weighted by Gasteiger charge is 2.17. The van der Waals surface area contributed by atoms with Gasteiger partial charge in [0.05, 0.1) is 16.6 Å². The van der Waals surface area contributed by atoms with E-state index in [9.17, 15) is 4.39 Å². The van der Waals surface area contributed by atoms with Crippen LogP contribution in [0.25, 0.3) is 56.0 Å². The molecule has 0 amide bonds. The summed E-state index contributed by atoms with van der Waals surface area (Å²) < 4.78 is 13.4. The molecule has 2 N–H and O–H groups in total. The Bertz CT molecular complexity index is 1670. The largest absolute Gasteiger partial charge is 0.336 e. The van der Waals surface area contributed by atoms with E-state index >= 15 is 0 Å². The van der Waals surface area contributed by atoms with Gasteiger partial charge < -0.3 is 9.88 Å². The molecule has 6 aromatic rings. The summed E-state index contributed by atoms with van der Waals surface area (Å²) in [5, 5.41) is 8.34. The van der Waals surface area contributed by atoms with Crippen molar-refractivity contribution in [3.63, 3.8) is 0 Å². The summed E-state index contributed by atoms with van der Waals surface area (Å²) in [5.74, 6) is 0.304. The molecule has 5 aromatic heterocycles. The molecule has 9 heteroatoms. The van der Waals surface area contributed by atoms with Gasteiger partial charge in [0.25, 0.3) is 0 Å². The van der Waals surface area contributed by atoms with Crippen molar-refractivity contribution in [1.29, 1.82) is 0 Å². The predicted octanol–water partition coefficient (Wildman–Crippen LogP) is 4.83. The van der Waals surface area contributed by atoms with Crippen LogP contribution in [0.15, 0.2) is 67.3 Å². The molecule has 0 fully saturated rings. The third kappa shape index (κ3) is 3.91. The minimum absolute atomic E-state index is 0.294. The number of hydrogen-bond acceptors (Lipinski definition) is 6. The lowest BCUT2D eigenvalue weighted by molar-refractivity contribution is 0.402.